The molecule has 7 rings (SSSR count). The summed E-state index contributed by atoms with van der Waals surface area (Å²) in [6.45, 7) is 0.981. The molecule has 260 valence electrons. The fourth-order valence-corrected chi connectivity index (χ4v) is 7.95. The Morgan fingerprint density at radius 1 is 0.939 bits per heavy atom. The number of carbonyl (C=O) groups excluding carboxylic acids is 1. The Hall–Kier alpha value is -3.78. The molecule has 49 heavy (non-hydrogen) atoms. The van der Waals surface area contributed by atoms with Gasteiger partial charge < -0.3 is 29.3 Å². The number of anilines is 2. The molecule has 4 heterocycles. The SMILES string of the molecule is O=C(O)c1cc(F)c(-c2cccc3c2OCN(C(=O)c2c(Cl)cc(N4CCN(CC(F)(F)F)CC4)cc2Cl)C3)cc1N1C2CCC1COC2. The van der Waals surface area contributed by atoms with Gasteiger partial charge in [0.2, 0.25) is 0 Å². The monoisotopic (exact) mass is 722 g/mol. The smallest absolute Gasteiger partial charge is 0.401 e. The number of amides is 1. The number of fused-ring (bicyclic) bond motifs is 3. The molecule has 9 nitrogen and oxygen atoms in total. The van der Waals surface area contributed by atoms with Crippen molar-refractivity contribution in [2.75, 3.05) is 62.5 Å². The quantitative estimate of drug-likeness (QED) is 0.287. The number of para-hydroxylation sites is 1. The molecule has 2 unspecified atom stereocenters. The van der Waals surface area contributed by atoms with Crippen molar-refractivity contribution in [1.29, 1.82) is 0 Å². The number of carbonyl (C=O) groups is 2. The van der Waals surface area contributed by atoms with Crippen LogP contribution in [0.25, 0.3) is 11.1 Å². The molecule has 4 aliphatic heterocycles. The highest BCUT2D eigenvalue weighted by molar-refractivity contribution is 6.40. The molecule has 0 aromatic heterocycles. The first-order valence-corrected chi connectivity index (χ1v) is 16.6. The van der Waals surface area contributed by atoms with E-state index in [4.69, 9.17) is 32.7 Å². The van der Waals surface area contributed by atoms with Crippen molar-refractivity contribution in [1.82, 2.24) is 9.80 Å². The van der Waals surface area contributed by atoms with Gasteiger partial charge in [-0.3, -0.25) is 9.69 Å². The van der Waals surface area contributed by atoms with E-state index in [1.807, 2.05) is 9.80 Å². The summed E-state index contributed by atoms with van der Waals surface area (Å²) in [7, 11) is 0. The van der Waals surface area contributed by atoms with E-state index in [0.717, 1.165) is 18.9 Å². The zero-order valence-corrected chi connectivity index (χ0v) is 27.6. The molecule has 1 amide bonds. The van der Waals surface area contributed by atoms with Crippen molar-refractivity contribution >= 4 is 46.5 Å². The van der Waals surface area contributed by atoms with Crippen LogP contribution in [0.4, 0.5) is 28.9 Å². The number of aromatic carboxylic acids is 1. The maximum Gasteiger partial charge on any atom is 0.401 e. The van der Waals surface area contributed by atoms with E-state index in [1.54, 1.807) is 36.4 Å². The minimum absolute atomic E-state index is 0.00290. The Bertz CT molecular complexity index is 1760. The van der Waals surface area contributed by atoms with Crippen molar-refractivity contribution in [3.8, 4) is 16.9 Å². The van der Waals surface area contributed by atoms with Gasteiger partial charge in [0.05, 0.1) is 65.2 Å². The van der Waals surface area contributed by atoms with Gasteiger partial charge in [-0.1, -0.05) is 41.4 Å². The molecule has 3 aromatic rings. The first kappa shape index (κ1) is 33.7. The first-order valence-electron chi connectivity index (χ1n) is 15.9. The summed E-state index contributed by atoms with van der Waals surface area (Å²) in [5.41, 5.74) is 2.19. The molecule has 1 N–H and O–H groups in total. The molecule has 2 atom stereocenters. The number of ether oxygens (including phenoxy) is 2. The number of halogens is 6. The molecule has 0 aliphatic carbocycles. The molecule has 2 bridgehead atoms. The van der Waals surface area contributed by atoms with Crippen LogP contribution in [0.3, 0.4) is 0 Å². The van der Waals surface area contributed by atoms with Crippen molar-refractivity contribution in [3.05, 3.63) is 75.0 Å². The molecule has 3 fully saturated rings. The summed E-state index contributed by atoms with van der Waals surface area (Å²) in [5.74, 6) is -2.05. The van der Waals surface area contributed by atoms with Crippen LogP contribution in [-0.4, -0.2) is 97.7 Å². The van der Waals surface area contributed by atoms with Gasteiger partial charge in [0.25, 0.3) is 5.91 Å². The summed E-state index contributed by atoms with van der Waals surface area (Å²) >= 11 is 13.2. The highest BCUT2D eigenvalue weighted by Crippen LogP contribution is 2.43. The van der Waals surface area contributed by atoms with E-state index in [9.17, 15) is 27.9 Å². The van der Waals surface area contributed by atoms with Gasteiger partial charge in [-0.05, 0) is 37.1 Å². The fraction of sp³-hybridized carbons (Fsp3) is 0.412. The highest BCUT2D eigenvalue weighted by Gasteiger charge is 2.40. The van der Waals surface area contributed by atoms with Crippen molar-refractivity contribution in [3.63, 3.8) is 0 Å². The van der Waals surface area contributed by atoms with E-state index in [-0.39, 0.29) is 65.2 Å². The van der Waals surface area contributed by atoms with Crippen LogP contribution < -0.4 is 14.5 Å². The Labute approximate surface area is 289 Å². The Kier molecular flexibility index (Phi) is 9.05. The van der Waals surface area contributed by atoms with E-state index in [1.165, 1.54) is 9.80 Å². The molecule has 3 aromatic carbocycles. The third-order valence-corrected chi connectivity index (χ3v) is 10.2. The third kappa shape index (κ3) is 6.61. The second kappa shape index (κ2) is 13.2. The lowest BCUT2D eigenvalue weighted by Gasteiger charge is -2.37. The normalized spacial score (nSPS) is 21.1. The van der Waals surface area contributed by atoms with Crippen molar-refractivity contribution in [2.24, 2.45) is 0 Å². The van der Waals surface area contributed by atoms with Crippen LogP contribution in [0, 0.1) is 5.82 Å². The first-order chi connectivity index (χ1) is 23.4. The lowest BCUT2D eigenvalue weighted by atomic mass is 9.96. The molecular weight excluding hydrogens is 691 g/mol. The number of alkyl halides is 3. The van der Waals surface area contributed by atoms with Gasteiger partial charge in [0.1, 0.15) is 11.6 Å². The van der Waals surface area contributed by atoms with E-state index in [0.29, 0.717) is 54.6 Å². The predicted octanol–water partition coefficient (Wildman–Crippen LogP) is 6.54. The Morgan fingerprint density at radius 3 is 2.24 bits per heavy atom. The zero-order valence-electron chi connectivity index (χ0n) is 26.1. The lowest BCUT2D eigenvalue weighted by molar-refractivity contribution is -0.146. The van der Waals surface area contributed by atoms with Gasteiger partial charge >= 0.3 is 12.1 Å². The van der Waals surface area contributed by atoms with Crippen LogP contribution in [0.5, 0.6) is 5.75 Å². The maximum absolute atomic E-state index is 15.7. The van der Waals surface area contributed by atoms with Gasteiger partial charge in [-0.25, -0.2) is 9.18 Å². The number of nitrogens with zero attached hydrogens (tertiary/aromatic N) is 4. The Morgan fingerprint density at radius 2 is 1.61 bits per heavy atom. The van der Waals surface area contributed by atoms with Crippen molar-refractivity contribution < 1.29 is 41.7 Å². The van der Waals surface area contributed by atoms with Gasteiger partial charge in [0, 0.05) is 48.6 Å². The van der Waals surface area contributed by atoms with Crippen LogP contribution in [-0.2, 0) is 11.3 Å². The van der Waals surface area contributed by atoms with E-state index < -0.39 is 30.4 Å². The number of morpholine rings is 1. The van der Waals surface area contributed by atoms with Gasteiger partial charge in [0.15, 0.2) is 6.73 Å². The lowest BCUT2D eigenvalue weighted by Crippen LogP contribution is -2.49. The molecule has 0 spiro atoms. The highest BCUT2D eigenvalue weighted by atomic mass is 35.5. The van der Waals surface area contributed by atoms with Crippen LogP contribution in [0.1, 0.15) is 39.1 Å². The molecule has 0 radical (unpaired) electrons. The fourth-order valence-electron chi connectivity index (χ4n) is 7.31. The zero-order chi connectivity index (χ0) is 34.6. The number of carboxylic acids is 1. The minimum atomic E-state index is -4.27. The summed E-state index contributed by atoms with van der Waals surface area (Å²) < 4.78 is 65.9. The number of hydrogen-bond acceptors (Lipinski definition) is 7. The summed E-state index contributed by atoms with van der Waals surface area (Å²) in [5, 5.41) is 10.1. The number of benzene rings is 3. The summed E-state index contributed by atoms with van der Waals surface area (Å²) in [6.07, 6.45) is -2.57. The van der Waals surface area contributed by atoms with Crippen molar-refractivity contribution in [2.45, 2.75) is 37.6 Å². The standard InChI is InChI=1S/C34H32Cl2F4N4O5/c35-26-10-22(42-8-6-41(7-9-42)17-34(38,39)40)11-27(36)30(26)32(45)43-14-19-2-1-3-23(31(19)49-18-43)24-13-29(25(33(46)47)12-28(24)37)44-20-4-5-21(44)16-48-15-20/h1-3,10-13,20-21H,4-9,14-18H2,(H,46,47). The maximum atomic E-state index is 15.7. The number of piperazine rings is 1. The molecule has 15 heteroatoms. The van der Waals surface area contributed by atoms with E-state index in [2.05, 4.69) is 0 Å². The Balaban J connectivity index is 1.12. The average molecular weight is 724 g/mol. The van der Waals surface area contributed by atoms with E-state index >= 15 is 4.39 Å². The van der Waals surface area contributed by atoms with Crippen LogP contribution >= 0.6 is 23.2 Å². The predicted molar refractivity (Wildman–Crippen MR) is 175 cm³/mol. The molecule has 4 aliphatic rings. The van der Waals surface area contributed by atoms with Gasteiger partial charge in [-0.15, -0.1) is 0 Å². The molecule has 3 saturated heterocycles. The number of carboxylic acid groups (broad SMARTS) is 1. The molecule has 0 saturated carbocycles. The topological polar surface area (TPSA) is 85.8 Å². The minimum Gasteiger partial charge on any atom is -0.478 e. The molecular formula is C34H32Cl2F4N4O5. The third-order valence-electron chi connectivity index (χ3n) is 9.62. The second-order valence-electron chi connectivity index (χ2n) is 12.7. The number of rotatable bonds is 6. The average Bonchev–Trinajstić information content (AvgIpc) is 3.30. The largest absolute Gasteiger partial charge is 0.478 e. The van der Waals surface area contributed by atoms with Gasteiger partial charge in [-0.2, -0.15) is 13.2 Å². The summed E-state index contributed by atoms with van der Waals surface area (Å²) in [4.78, 5) is 32.6. The summed E-state index contributed by atoms with van der Waals surface area (Å²) in [6, 6.07) is 11.0. The number of hydrogen-bond donors (Lipinski definition) is 1. The van der Waals surface area contributed by atoms with Crippen LogP contribution in [0.15, 0.2) is 42.5 Å². The second-order valence-corrected chi connectivity index (χ2v) is 13.5. The van der Waals surface area contributed by atoms with Crippen LogP contribution in [0.2, 0.25) is 10.0 Å².